The summed E-state index contributed by atoms with van der Waals surface area (Å²) < 4.78 is 0.288. The number of thiophene rings is 1. The van der Waals surface area contributed by atoms with E-state index in [0.29, 0.717) is 0 Å². The van der Waals surface area contributed by atoms with Gasteiger partial charge in [0, 0.05) is 4.75 Å². The molecule has 1 aromatic rings. The maximum absolute atomic E-state index is 4.52. The largest absolute Gasteiger partial charge is 0.173 e. The average molecular weight is 230 g/mol. The summed E-state index contributed by atoms with van der Waals surface area (Å²) in [4.78, 5) is 0. The summed E-state index contributed by atoms with van der Waals surface area (Å²) in [6.07, 6.45) is 5.03. The topological polar surface area (TPSA) is 0 Å². The van der Waals surface area contributed by atoms with Gasteiger partial charge in [-0.2, -0.15) is 24.0 Å². The van der Waals surface area contributed by atoms with Crippen LogP contribution in [0.15, 0.2) is 22.9 Å². The Labute approximate surface area is 98.2 Å². The Bertz CT molecular complexity index is 173. The van der Waals surface area contributed by atoms with Crippen molar-refractivity contribution < 1.29 is 0 Å². The van der Waals surface area contributed by atoms with Crippen LogP contribution in [0.25, 0.3) is 0 Å². The Hall–Kier alpha value is 0.0500. The molecule has 1 atom stereocenters. The quantitative estimate of drug-likeness (QED) is 0.690. The second kappa shape index (κ2) is 8.37. The number of unbranched alkanes of at least 4 members (excludes halogenated alkanes) is 1. The molecule has 0 aliphatic heterocycles. The third-order valence-electron chi connectivity index (χ3n) is 2.26. The van der Waals surface area contributed by atoms with Crippen LogP contribution in [0.4, 0.5) is 0 Å². The van der Waals surface area contributed by atoms with Crippen LogP contribution in [0.2, 0.25) is 0 Å². The van der Waals surface area contributed by atoms with E-state index in [1.54, 1.807) is 11.3 Å². The van der Waals surface area contributed by atoms with Crippen LogP contribution >= 0.6 is 24.0 Å². The SMILES string of the molecule is CCCCC(C)(S)CC.c1ccsc1. The van der Waals surface area contributed by atoms with Crippen LogP contribution < -0.4 is 0 Å². The number of thiol groups is 1. The molecule has 0 saturated carbocycles. The molecule has 0 saturated heterocycles. The molecule has 2 heteroatoms. The summed E-state index contributed by atoms with van der Waals surface area (Å²) in [6, 6.07) is 4.04. The Morgan fingerprint density at radius 2 is 1.79 bits per heavy atom. The number of hydrogen-bond acceptors (Lipinski definition) is 2. The highest BCUT2D eigenvalue weighted by Gasteiger charge is 2.13. The first-order valence-corrected chi connectivity index (χ1v) is 6.71. The van der Waals surface area contributed by atoms with E-state index in [9.17, 15) is 0 Å². The zero-order chi connectivity index (χ0) is 10.9. The Balaban J connectivity index is 0.000000280. The minimum atomic E-state index is 0.288. The molecule has 0 bridgehead atoms. The molecule has 0 N–H and O–H groups in total. The van der Waals surface area contributed by atoms with Crippen molar-refractivity contribution in [2.75, 3.05) is 0 Å². The van der Waals surface area contributed by atoms with Crippen molar-refractivity contribution in [3.05, 3.63) is 22.9 Å². The Morgan fingerprint density at radius 3 is 2.07 bits per heavy atom. The van der Waals surface area contributed by atoms with Crippen LogP contribution in [0, 0.1) is 0 Å². The average Bonchev–Trinajstić information content (AvgIpc) is 2.73. The maximum Gasteiger partial charge on any atom is 0.00987 e. The summed E-state index contributed by atoms with van der Waals surface area (Å²) in [7, 11) is 0. The van der Waals surface area contributed by atoms with E-state index >= 15 is 0 Å². The first-order valence-electron chi connectivity index (χ1n) is 5.32. The summed E-state index contributed by atoms with van der Waals surface area (Å²) in [5, 5.41) is 4.08. The van der Waals surface area contributed by atoms with Gasteiger partial charge in [0.25, 0.3) is 0 Å². The lowest BCUT2D eigenvalue weighted by atomic mass is 10.0. The van der Waals surface area contributed by atoms with Gasteiger partial charge in [-0.1, -0.05) is 45.7 Å². The summed E-state index contributed by atoms with van der Waals surface area (Å²) in [5.74, 6) is 0. The van der Waals surface area contributed by atoms with Gasteiger partial charge in [0.05, 0.1) is 0 Å². The molecular weight excluding hydrogens is 208 g/mol. The van der Waals surface area contributed by atoms with Crippen LogP contribution in [0.3, 0.4) is 0 Å². The first-order chi connectivity index (χ1) is 6.62. The maximum atomic E-state index is 4.52. The van der Waals surface area contributed by atoms with Crippen LogP contribution in [-0.2, 0) is 0 Å². The third-order valence-corrected chi connectivity index (χ3v) is 3.42. The van der Waals surface area contributed by atoms with E-state index in [-0.39, 0.29) is 4.75 Å². The Kier molecular flexibility index (Phi) is 8.40. The second-order valence-electron chi connectivity index (χ2n) is 3.75. The zero-order valence-electron chi connectivity index (χ0n) is 9.49. The molecule has 1 unspecified atom stereocenters. The monoisotopic (exact) mass is 230 g/mol. The van der Waals surface area contributed by atoms with E-state index in [4.69, 9.17) is 0 Å². The van der Waals surface area contributed by atoms with E-state index in [0.717, 1.165) is 0 Å². The fourth-order valence-corrected chi connectivity index (χ4v) is 1.57. The molecule has 1 aromatic heterocycles. The molecule has 0 aromatic carbocycles. The van der Waals surface area contributed by atoms with Gasteiger partial charge in [0.2, 0.25) is 0 Å². The minimum Gasteiger partial charge on any atom is -0.173 e. The van der Waals surface area contributed by atoms with Crippen LogP contribution in [0.1, 0.15) is 46.5 Å². The van der Waals surface area contributed by atoms with Gasteiger partial charge in [-0.05, 0) is 23.6 Å². The van der Waals surface area contributed by atoms with Crippen molar-refractivity contribution in [1.82, 2.24) is 0 Å². The van der Waals surface area contributed by atoms with Crippen molar-refractivity contribution in [2.45, 2.75) is 51.2 Å². The third kappa shape index (κ3) is 8.64. The van der Waals surface area contributed by atoms with Crippen molar-refractivity contribution in [3.8, 4) is 0 Å². The lowest BCUT2D eigenvalue weighted by Crippen LogP contribution is -2.13. The lowest BCUT2D eigenvalue weighted by molar-refractivity contribution is 0.542. The van der Waals surface area contributed by atoms with Gasteiger partial charge in [-0.15, -0.1) is 0 Å². The number of hydrogen-bond donors (Lipinski definition) is 1. The molecule has 82 valence electrons. The molecule has 1 heterocycles. The lowest BCUT2D eigenvalue weighted by Gasteiger charge is -2.20. The molecule has 0 aliphatic rings. The predicted octanol–water partition coefficient (Wildman–Crippen LogP) is 5.02. The normalized spacial score (nSPS) is 14.0. The van der Waals surface area contributed by atoms with Gasteiger partial charge in [0.1, 0.15) is 0 Å². The van der Waals surface area contributed by atoms with Crippen molar-refractivity contribution in [3.63, 3.8) is 0 Å². The van der Waals surface area contributed by atoms with E-state index in [2.05, 4.69) is 33.4 Å². The van der Waals surface area contributed by atoms with Crippen molar-refractivity contribution in [2.24, 2.45) is 0 Å². The Morgan fingerprint density at radius 1 is 1.21 bits per heavy atom. The van der Waals surface area contributed by atoms with Gasteiger partial charge in [-0.25, -0.2) is 0 Å². The molecule has 0 amide bonds. The molecule has 0 radical (unpaired) electrons. The first kappa shape index (κ1) is 14.1. The van der Waals surface area contributed by atoms with Gasteiger partial charge >= 0.3 is 0 Å². The smallest absolute Gasteiger partial charge is 0.00987 e. The fraction of sp³-hybridized carbons (Fsp3) is 0.667. The highest BCUT2D eigenvalue weighted by atomic mass is 32.1. The second-order valence-corrected chi connectivity index (χ2v) is 5.64. The summed E-state index contributed by atoms with van der Waals surface area (Å²) >= 11 is 6.23. The molecule has 0 spiro atoms. The fourth-order valence-electron chi connectivity index (χ4n) is 0.961. The summed E-state index contributed by atoms with van der Waals surface area (Å²) in [6.45, 7) is 6.63. The molecule has 0 fully saturated rings. The van der Waals surface area contributed by atoms with E-state index < -0.39 is 0 Å². The highest BCUT2D eigenvalue weighted by molar-refractivity contribution is 7.81. The van der Waals surface area contributed by atoms with Crippen molar-refractivity contribution in [1.29, 1.82) is 0 Å². The van der Waals surface area contributed by atoms with E-state index in [1.807, 2.05) is 22.9 Å². The number of rotatable bonds is 4. The van der Waals surface area contributed by atoms with E-state index in [1.165, 1.54) is 25.7 Å². The standard InChI is InChI=1S/C8H18S.C4H4S/c1-4-6-7-8(3,9)5-2;1-2-4-5-3-1/h9H,4-7H2,1-3H3;1-4H. The van der Waals surface area contributed by atoms with Gasteiger partial charge in [0.15, 0.2) is 0 Å². The van der Waals surface area contributed by atoms with Crippen molar-refractivity contribution >= 4 is 24.0 Å². The van der Waals surface area contributed by atoms with Gasteiger partial charge < -0.3 is 0 Å². The van der Waals surface area contributed by atoms with Crippen LogP contribution in [0.5, 0.6) is 0 Å². The molecule has 0 nitrogen and oxygen atoms in total. The minimum absolute atomic E-state index is 0.288. The predicted molar refractivity (Wildman–Crippen MR) is 71.5 cm³/mol. The van der Waals surface area contributed by atoms with Gasteiger partial charge in [-0.3, -0.25) is 0 Å². The zero-order valence-corrected chi connectivity index (χ0v) is 11.2. The summed E-state index contributed by atoms with van der Waals surface area (Å²) in [5.41, 5.74) is 0. The molecule has 1 rings (SSSR count). The molecule has 0 aliphatic carbocycles. The molecule has 14 heavy (non-hydrogen) atoms. The van der Waals surface area contributed by atoms with Crippen LogP contribution in [-0.4, -0.2) is 4.75 Å². The highest BCUT2D eigenvalue weighted by Crippen LogP contribution is 2.24. The molecular formula is C12H22S2.